The number of aromatic nitrogens is 1. The lowest BCUT2D eigenvalue weighted by Gasteiger charge is -2.33. The number of hydrogen-bond acceptors (Lipinski definition) is 4. The molecule has 46 heavy (non-hydrogen) atoms. The van der Waals surface area contributed by atoms with Crippen molar-refractivity contribution in [3.8, 4) is 5.75 Å². The number of benzene rings is 4. The Balaban J connectivity index is 0.911. The van der Waals surface area contributed by atoms with Crippen molar-refractivity contribution in [3.05, 3.63) is 113 Å². The number of aryl methyl sites for hydroxylation is 1. The molecule has 3 heterocycles. The molecule has 2 saturated heterocycles. The molecule has 1 unspecified atom stereocenters. The number of piperidine rings is 2. The van der Waals surface area contributed by atoms with Gasteiger partial charge in [0.05, 0.1) is 5.02 Å². The van der Waals surface area contributed by atoms with Crippen molar-refractivity contribution < 1.29 is 9.53 Å². The first kappa shape index (κ1) is 30.8. The number of hydrogen-bond donors (Lipinski definition) is 1. The number of halogens is 1. The zero-order valence-corrected chi connectivity index (χ0v) is 27.4. The summed E-state index contributed by atoms with van der Waals surface area (Å²) >= 11 is 6.66. The third-order valence-electron chi connectivity index (χ3n) is 9.67. The first-order valence-corrected chi connectivity index (χ1v) is 17.2. The predicted octanol–water partition coefficient (Wildman–Crippen LogP) is 7.91. The quantitative estimate of drug-likeness (QED) is 0.179. The van der Waals surface area contributed by atoms with E-state index in [2.05, 4.69) is 93.3 Å². The number of carbonyl (C=O) groups is 1. The molecule has 0 bridgehead atoms. The minimum Gasteiger partial charge on any atom is -0.489 e. The molecule has 0 radical (unpaired) electrons. The van der Waals surface area contributed by atoms with E-state index in [1.807, 2.05) is 18.2 Å². The summed E-state index contributed by atoms with van der Waals surface area (Å²) < 4.78 is 8.76. The van der Waals surface area contributed by atoms with Crippen molar-refractivity contribution in [2.75, 3.05) is 26.2 Å². The lowest BCUT2D eigenvalue weighted by atomic mass is 10.0. The SMILES string of the molecule is CCn1c2ccccc2c2cc(CN3CCC(Oc4ccc(C(=O)NC5CCCN(Cc6ccccc6)C5)cc4Cl)CC3)ccc21. The third kappa shape index (κ3) is 6.80. The van der Waals surface area contributed by atoms with Crippen LogP contribution in [0.4, 0.5) is 0 Å². The van der Waals surface area contributed by atoms with Gasteiger partial charge < -0.3 is 14.6 Å². The molecule has 4 aromatic carbocycles. The fourth-order valence-corrected chi connectivity index (χ4v) is 7.55. The fraction of sp³-hybridized carbons (Fsp3) is 0.359. The number of likely N-dealkylation sites (tertiary alicyclic amines) is 2. The highest BCUT2D eigenvalue weighted by Crippen LogP contribution is 2.31. The minimum absolute atomic E-state index is 0.0780. The van der Waals surface area contributed by atoms with E-state index in [4.69, 9.17) is 16.3 Å². The van der Waals surface area contributed by atoms with E-state index in [1.165, 1.54) is 32.9 Å². The van der Waals surface area contributed by atoms with Gasteiger partial charge in [0.1, 0.15) is 11.9 Å². The first-order chi connectivity index (χ1) is 22.5. The minimum atomic E-state index is -0.0780. The van der Waals surface area contributed by atoms with Crippen LogP contribution in [0.3, 0.4) is 0 Å². The molecule has 6 nitrogen and oxygen atoms in total. The highest BCUT2D eigenvalue weighted by Gasteiger charge is 2.24. The van der Waals surface area contributed by atoms with Gasteiger partial charge in [-0.3, -0.25) is 14.6 Å². The Kier molecular flexibility index (Phi) is 9.29. The lowest BCUT2D eigenvalue weighted by molar-refractivity contribution is 0.0900. The van der Waals surface area contributed by atoms with Gasteiger partial charge in [-0.1, -0.05) is 66.2 Å². The number of carbonyl (C=O) groups excluding carboxylic acids is 1. The normalized spacial score (nSPS) is 18.3. The third-order valence-corrected chi connectivity index (χ3v) is 9.97. The molecule has 0 saturated carbocycles. The second-order valence-corrected chi connectivity index (χ2v) is 13.3. The van der Waals surface area contributed by atoms with E-state index in [1.54, 1.807) is 6.07 Å². The smallest absolute Gasteiger partial charge is 0.251 e. The Morgan fingerprint density at radius 3 is 2.37 bits per heavy atom. The van der Waals surface area contributed by atoms with Crippen LogP contribution in [0.15, 0.2) is 91.0 Å². The number of nitrogens with one attached hydrogen (secondary N) is 1. The van der Waals surface area contributed by atoms with Crippen LogP contribution in [0.1, 0.15) is 54.1 Å². The summed E-state index contributed by atoms with van der Waals surface area (Å²) in [5.41, 5.74) is 5.83. The van der Waals surface area contributed by atoms with Crippen LogP contribution in [0.2, 0.25) is 5.02 Å². The number of ether oxygens (including phenoxy) is 1. The van der Waals surface area contributed by atoms with Gasteiger partial charge in [0.2, 0.25) is 0 Å². The zero-order valence-electron chi connectivity index (χ0n) is 26.6. The van der Waals surface area contributed by atoms with Gasteiger partial charge in [-0.25, -0.2) is 0 Å². The Hall–Kier alpha value is -3.84. The summed E-state index contributed by atoms with van der Waals surface area (Å²) in [5.74, 6) is 0.576. The number of fused-ring (bicyclic) bond motifs is 3. The molecule has 1 aromatic heterocycles. The summed E-state index contributed by atoms with van der Waals surface area (Å²) in [6.07, 6.45) is 4.05. The Morgan fingerprint density at radius 2 is 1.57 bits per heavy atom. The van der Waals surface area contributed by atoms with E-state index in [0.29, 0.717) is 16.3 Å². The summed E-state index contributed by atoms with van der Waals surface area (Å²) in [5, 5.41) is 6.39. The van der Waals surface area contributed by atoms with Gasteiger partial charge in [-0.2, -0.15) is 0 Å². The Morgan fingerprint density at radius 1 is 0.804 bits per heavy atom. The zero-order chi connectivity index (χ0) is 31.5. The maximum atomic E-state index is 13.1. The van der Waals surface area contributed by atoms with E-state index < -0.39 is 0 Å². The van der Waals surface area contributed by atoms with Crippen LogP contribution in [0.25, 0.3) is 21.8 Å². The molecule has 5 aromatic rings. The predicted molar refractivity (Wildman–Crippen MR) is 188 cm³/mol. The fourth-order valence-electron chi connectivity index (χ4n) is 7.33. The van der Waals surface area contributed by atoms with Crippen LogP contribution in [-0.2, 0) is 19.6 Å². The van der Waals surface area contributed by atoms with Gasteiger partial charge >= 0.3 is 0 Å². The van der Waals surface area contributed by atoms with E-state index in [0.717, 1.165) is 71.5 Å². The highest BCUT2D eigenvalue weighted by molar-refractivity contribution is 6.32. The van der Waals surface area contributed by atoms with Gasteiger partial charge in [-0.15, -0.1) is 0 Å². The van der Waals surface area contributed by atoms with Gasteiger partial charge in [0.15, 0.2) is 0 Å². The van der Waals surface area contributed by atoms with Crippen molar-refractivity contribution >= 4 is 39.3 Å². The monoisotopic (exact) mass is 634 g/mol. The van der Waals surface area contributed by atoms with Crippen LogP contribution in [0, 0.1) is 0 Å². The van der Waals surface area contributed by atoms with Gasteiger partial charge in [0, 0.05) is 72.7 Å². The number of amides is 1. The Labute approximate surface area is 276 Å². The molecular formula is C39H43ClN4O2. The van der Waals surface area contributed by atoms with E-state index in [-0.39, 0.29) is 18.1 Å². The molecule has 1 N–H and O–H groups in total. The lowest BCUT2D eigenvalue weighted by Crippen LogP contribution is -2.47. The first-order valence-electron chi connectivity index (χ1n) is 16.8. The van der Waals surface area contributed by atoms with Crippen molar-refractivity contribution in [1.82, 2.24) is 19.7 Å². The highest BCUT2D eigenvalue weighted by atomic mass is 35.5. The van der Waals surface area contributed by atoms with Crippen molar-refractivity contribution in [2.45, 2.75) is 64.4 Å². The van der Waals surface area contributed by atoms with Crippen LogP contribution >= 0.6 is 11.6 Å². The van der Waals surface area contributed by atoms with Gasteiger partial charge in [0.25, 0.3) is 5.91 Å². The van der Waals surface area contributed by atoms with E-state index >= 15 is 0 Å². The molecule has 2 fully saturated rings. The molecule has 0 aliphatic carbocycles. The molecule has 1 amide bonds. The molecule has 1 atom stereocenters. The van der Waals surface area contributed by atoms with Crippen molar-refractivity contribution in [1.29, 1.82) is 0 Å². The molecule has 0 spiro atoms. The van der Waals surface area contributed by atoms with Crippen molar-refractivity contribution in [3.63, 3.8) is 0 Å². The molecule has 2 aliphatic heterocycles. The summed E-state index contributed by atoms with van der Waals surface area (Å²) in [4.78, 5) is 18.1. The maximum absolute atomic E-state index is 13.1. The second-order valence-electron chi connectivity index (χ2n) is 12.9. The number of nitrogens with zero attached hydrogens (tertiary/aromatic N) is 3. The van der Waals surface area contributed by atoms with Crippen LogP contribution < -0.4 is 10.1 Å². The number of rotatable bonds is 9. The maximum Gasteiger partial charge on any atom is 0.251 e. The molecule has 7 rings (SSSR count). The average Bonchev–Trinajstić information content (AvgIpc) is 3.40. The molecule has 238 valence electrons. The Bertz CT molecular complexity index is 1810. The largest absolute Gasteiger partial charge is 0.489 e. The van der Waals surface area contributed by atoms with E-state index in [9.17, 15) is 4.79 Å². The molecular weight excluding hydrogens is 592 g/mol. The molecule has 7 heteroatoms. The van der Waals surface area contributed by atoms with Crippen LogP contribution in [-0.4, -0.2) is 58.6 Å². The van der Waals surface area contributed by atoms with Crippen LogP contribution in [0.5, 0.6) is 5.75 Å². The van der Waals surface area contributed by atoms with Crippen molar-refractivity contribution in [2.24, 2.45) is 0 Å². The summed E-state index contributed by atoms with van der Waals surface area (Å²) in [6.45, 7) is 8.87. The molecule has 2 aliphatic rings. The second kappa shape index (κ2) is 13.9. The summed E-state index contributed by atoms with van der Waals surface area (Å²) in [7, 11) is 0. The van der Waals surface area contributed by atoms with Gasteiger partial charge in [-0.05, 0) is 86.7 Å². The summed E-state index contributed by atoms with van der Waals surface area (Å²) in [6, 6.07) is 31.7. The number of para-hydroxylation sites is 1. The topological polar surface area (TPSA) is 49.7 Å². The standard InChI is InChI=1S/C39H43ClN4O2/c1-2-44-36-13-7-6-12-33(36)34-23-29(14-16-37(34)44)26-42-21-18-32(19-22-42)46-38-17-15-30(24-35(38)40)39(45)41-31-11-8-20-43(27-31)25-28-9-4-3-5-10-28/h3-7,9-10,12-17,23-24,31-32H,2,8,11,18-22,25-27H2,1H3,(H,41,45). The average molecular weight is 635 g/mol.